The van der Waals surface area contributed by atoms with E-state index in [1.807, 2.05) is 31.2 Å². The molecule has 0 saturated carbocycles. The van der Waals surface area contributed by atoms with Crippen molar-refractivity contribution in [2.75, 3.05) is 6.54 Å². The number of ether oxygens (including phenoxy) is 1. The Morgan fingerprint density at radius 3 is 2.70 bits per heavy atom. The van der Waals surface area contributed by atoms with Crippen LogP contribution in [0.25, 0.3) is 0 Å². The highest BCUT2D eigenvalue weighted by atomic mass is 19.1. The average molecular weight is 270 g/mol. The first kappa shape index (κ1) is 14.0. The van der Waals surface area contributed by atoms with Crippen LogP contribution in [0, 0.1) is 24.1 Å². The summed E-state index contributed by atoms with van der Waals surface area (Å²) in [6.45, 7) is 2.27. The quantitative estimate of drug-likeness (QED) is 0.928. The third-order valence-electron chi connectivity index (χ3n) is 2.97. The summed E-state index contributed by atoms with van der Waals surface area (Å²) in [4.78, 5) is 0. The molecule has 4 heteroatoms. The standard InChI is InChI=1S/C16H15FN2O/c1-11-3-2-4-12(7-11)16(10-19)20-14-6-5-13(9-18)15(17)8-14/h2-8,16H,10,19H2,1H3. The molecule has 102 valence electrons. The van der Waals surface area contributed by atoms with Crippen molar-refractivity contribution in [3.63, 3.8) is 0 Å². The largest absolute Gasteiger partial charge is 0.484 e. The Kier molecular flexibility index (Phi) is 4.34. The van der Waals surface area contributed by atoms with Crippen LogP contribution < -0.4 is 10.5 Å². The van der Waals surface area contributed by atoms with E-state index in [4.69, 9.17) is 15.7 Å². The number of halogens is 1. The van der Waals surface area contributed by atoms with Gasteiger partial charge in [0.2, 0.25) is 0 Å². The molecule has 1 atom stereocenters. The molecule has 20 heavy (non-hydrogen) atoms. The fraction of sp³-hybridized carbons (Fsp3) is 0.188. The Balaban J connectivity index is 2.23. The second-order valence-electron chi connectivity index (χ2n) is 4.51. The molecule has 0 spiro atoms. The fourth-order valence-electron chi connectivity index (χ4n) is 1.95. The van der Waals surface area contributed by atoms with Gasteiger partial charge in [0.15, 0.2) is 0 Å². The lowest BCUT2D eigenvalue weighted by atomic mass is 10.1. The molecule has 0 radical (unpaired) electrons. The van der Waals surface area contributed by atoms with Gasteiger partial charge < -0.3 is 10.5 Å². The summed E-state index contributed by atoms with van der Waals surface area (Å²) in [6.07, 6.45) is -0.345. The smallest absolute Gasteiger partial charge is 0.144 e. The molecule has 3 nitrogen and oxygen atoms in total. The maximum atomic E-state index is 13.5. The first-order valence-electron chi connectivity index (χ1n) is 6.27. The summed E-state index contributed by atoms with van der Waals surface area (Å²) < 4.78 is 19.2. The lowest BCUT2D eigenvalue weighted by Gasteiger charge is -2.18. The first-order chi connectivity index (χ1) is 9.63. The summed E-state index contributed by atoms with van der Waals surface area (Å²) in [5, 5.41) is 8.70. The van der Waals surface area contributed by atoms with Crippen LogP contribution in [0.4, 0.5) is 4.39 Å². The van der Waals surface area contributed by atoms with Crippen LogP contribution in [0.3, 0.4) is 0 Å². The lowest BCUT2D eigenvalue weighted by molar-refractivity contribution is 0.213. The summed E-state index contributed by atoms with van der Waals surface area (Å²) in [5.41, 5.74) is 7.77. The second kappa shape index (κ2) is 6.18. The number of nitrogens with zero attached hydrogens (tertiary/aromatic N) is 1. The summed E-state index contributed by atoms with van der Waals surface area (Å²) >= 11 is 0. The van der Waals surface area contributed by atoms with Crippen LogP contribution in [0.5, 0.6) is 5.75 Å². The highest BCUT2D eigenvalue weighted by Gasteiger charge is 2.13. The Morgan fingerprint density at radius 2 is 2.10 bits per heavy atom. The average Bonchev–Trinajstić information content (AvgIpc) is 2.45. The minimum Gasteiger partial charge on any atom is -0.484 e. The lowest BCUT2D eigenvalue weighted by Crippen LogP contribution is -2.18. The molecular weight excluding hydrogens is 255 g/mol. The van der Waals surface area contributed by atoms with Gasteiger partial charge in [0.05, 0.1) is 5.56 Å². The van der Waals surface area contributed by atoms with E-state index in [9.17, 15) is 4.39 Å². The molecular formula is C16H15FN2O. The van der Waals surface area contributed by atoms with E-state index in [0.717, 1.165) is 11.1 Å². The van der Waals surface area contributed by atoms with Gasteiger partial charge >= 0.3 is 0 Å². The molecule has 0 aliphatic heterocycles. The van der Waals surface area contributed by atoms with Crippen LogP contribution in [-0.4, -0.2) is 6.54 Å². The van der Waals surface area contributed by atoms with Gasteiger partial charge in [0.1, 0.15) is 23.7 Å². The summed E-state index contributed by atoms with van der Waals surface area (Å²) in [5.74, 6) is -0.233. The van der Waals surface area contributed by atoms with Crippen molar-refractivity contribution in [3.05, 3.63) is 65.0 Å². The predicted octanol–water partition coefficient (Wildman–Crippen LogP) is 3.08. The molecule has 0 bridgehead atoms. The van der Waals surface area contributed by atoms with Gasteiger partial charge in [-0.3, -0.25) is 0 Å². The molecule has 0 fully saturated rings. The highest BCUT2D eigenvalue weighted by molar-refractivity contribution is 5.36. The Labute approximate surface area is 117 Å². The zero-order chi connectivity index (χ0) is 14.5. The zero-order valence-corrected chi connectivity index (χ0v) is 11.1. The number of nitriles is 1. The van der Waals surface area contributed by atoms with Gasteiger partial charge in [-0.1, -0.05) is 29.8 Å². The van der Waals surface area contributed by atoms with E-state index in [1.165, 1.54) is 12.1 Å². The Bertz CT molecular complexity index is 649. The minimum atomic E-state index is -0.593. The van der Waals surface area contributed by atoms with Crippen LogP contribution in [0.15, 0.2) is 42.5 Å². The minimum absolute atomic E-state index is 0.00259. The van der Waals surface area contributed by atoms with Crippen molar-refractivity contribution in [2.24, 2.45) is 5.73 Å². The zero-order valence-electron chi connectivity index (χ0n) is 11.1. The predicted molar refractivity (Wildman–Crippen MR) is 74.7 cm³/mol. The molecule has 1 unspecified atom stereocenters. The molecule has 0 heterocycles. The molecule has 2 aromatic rings. The van der Waals surface area contributed by atoms with Crippen LogP contribution in [0.2, 0.25) is 0 Å². The fourth-order valence-corrected chi connectivity index (χ4v) is 1.95. The summed E-state index contributed by atoms with van der Waals surface area (Å²) in [7, 11) is 0. The van der Waals surface area contributed by atoms with E-state index in [-0.39, 0.29) is 18.2 Å². The van der Waals surface area contributed by atoms with Gasteiger partial charge in [-0.05, 0) is 24.6 Å². The van der Waals surface area contributed by atoms with Gasteiger partial charge in [-0.15, -0.1) is 0 Å². The van der Waals surface area contributed by atoms with Gasteiger partial charge in [-0.2, -0.15) is 5.26 Å². The molecule has 2 rings (SSSR count). The molecule has 0 amide bonds. The van der Waals surface area contributed by atoms with Crippen molar-refractivity contribution < 1.29 is 9.13 Å². The SMILES string of the molecule is Cc1cccc(C(CN)Oc2ccc(C#N)c(F)c2)c1. The van der Waals surface area contributed by atoms with E-state index in [0.29, 0.717) is 5.75 Å². The van der Waals surface area contributed by atoms with Crippen molar-refractivity contribution in [3.8, 4) is 11.8 Å². The summed E-state index contributed by atoms with van der Waals surface area (Å²) in [6, 6.07) is 13.8. The van der Waals surface area contributed by atoms with Gasteiger partial charge in [0, 0.05) is 12.6 Å². The van der Waals surface area contributed by atoms with Gasteiger partial charge in [0.25, 0.3) is 0 Å². The van der Waals surface area contributed by atoms with Crippen LogP contribution in [0.1, 0.15) is 22.8 Å². The molecule has 0 aliphatic carbocycles. The van der Waals surface area contributed by atoms with E-state index in [1.54, 1.807) is 12.1 Å². The number of aryl methyl sites for hydroxylation is 1. The normalized spacial score (nSPS) is 11.7. The van der Waals surface area contributed by atoms with Crippen LogP contribution >= 0.6 is 0 Å². The molecule has 0 aromatic heterocycles. The van der Waals surface area contributed by atoms with Crippen molar-refractivity contribution in [1.29, 1.82) is 5.26 Å². The highest BCUT2D eigenvalue weighted by Crippen LogP contribution is 2.23. The van der Waals surface area contributed by atoms with Gasteiger partial charge in [-0.25, -0.2) is 4.39 Å². The monoisotopic (exact) mass is 270 g/mol. The maximum Gasteiger partial charge on any atom is 0.144 e. The third-order valence-corrected chi connectivity index (χ3v) is 2.97. The molecule has 0 saturated heterocycles. The Morgan fingerprint density at radius 1 is 1.30 bits per heavy atom. The van der Waals surface area contributed by atoms with Crippen molar-refractivity contribution in [1.82, 2.24) is 0 Å². The number of benzene rings is 2. The van der Waals surface area contributed by atoms with E-state index < -0.39 is 5.82 Å². The molecule has 0 aliphatic rings. The van der Waals surface area contributed by atoms with Crippen molar-refractivity contribution in [2.45, 2.75) is 13.0 Å². The third kappa shape index (κ3) is 3.14. The topological polar surface area (TPSA) is 59.0 Å². The first-order valence-corrected chi connectivity index (χ1v) is 6.27. The second-order valence-corrected chi connectivity index (χ2v) is 4.51. The molecule has 2 aromatic carbocycles. The van der Waals surface area contributed by atoms with Crippen molar-refractivity contribution >= 4 is 0 Å². The maximum absolute atomic E-state index is 13.5. The number of hydrogen-bond donors (Lipinski definition) is 1. The van der Waals surface area contributed by atoms with E-state index >= 15 is 0 Å². The Hall–Kier alpha value is -2.38. The molecule has 2 N–H and O–H groups in total. The van der Waals surface area contributed by atoms with E-state index in [2.05, 4.69) is 0 Å². The number of rotatable bonds is 4. The number of nitrogens with two attached hydrogens (primary N) is 1. The van der Waals surface area contributed by atoms with Crippen LogP contribution in [-0.2, 0) is 0 Å². The number of hydrogen-bond acceptors (Lipinski definition) is 3.